The lowest BCUT2D eigenvalue weighted by Gasteiger charge is -2.17. The van der Waals surface area contributed by atoms with E-state index < -0.39 is 0 Å². The maximum Gasteiger partial charge on any atom is 0.267 e. The maximum absolute atomic E-state index is 12.9. The Balaban J connectivity index is 1.51. The van der Waals surface area contributed by atoms with E-state index in [1.165, 1.54) is 12.1 Å². The lowest BCUT2D eigenvalue weighted by molar-refractivity contribution is -0.127. The van der Waals surface area contributed by atoms with Crippen molar-refractivity contribution in [3.05, 3.63) is 59.7 Å². The molecule has 2 amide bonds. The van der Waals surface area contributed by atoms with Gasteiger partial charge in [-0.1, -0.05) is 12.1 Å². The van der Waals surface area contributed by atoms with Gasteiger partial charge in [0.05, 0.1) is 6.04 Å². The molecule has 3 rings (SSSR count). The van der Waals surface area contributed by atoms with Crippen LogP contribution >= 0.6 is 0 Å². The molecular formula is C17H18FN3O2. The number of nitrogens with one attached hydrogen (secondary N) is 2. The minimum Gasteiger partial charge on any atom is -0.357 e. The average Bonchev–Trinajstić information content (AvgIpc) is 3.17. The lowest BCUT2D eigenvalue weighted by Crippen LogP contribution is -2.37. The SMILES string of the molecule is O=C(N[C@H]1CC(=O)N(CCc2ccc(F)cc2)C1)c1ccc[nH]1. The number of hydrogen-bond acceptors (Lipinski definition) is 2. The number of halogens is 1. The third-order valence-electron chi connectivity index (χ3n) is 3.98. The first-order valence-corrected chi connectivity index (χ1v) is 7.58. The molecule has 1 fully saturated rings. The number of carbonyl (C=O) groups excluding carboxylic acids is 2. The smallest absolute Gasteiger partial charge is 0.267 e. The molecule has 1 aromatic heterocycles. The Morgan fingerprint density at radius 1 is 1.30 bits per heavy atom. The van der Waals surface area contributed by atoms with Crippen molar-refractivity contribution in [2.45, 2.75) is 18.9 Å². The number of carbonyl (C=O) groups is 2. The fraction of sp³-hybridized carbons (Fsp3) is 0.294. The van der Waals surface area contributed by atoms with Gasteiger partial charge in [-0.05, 0) is 36.2 Å². The van der Waals surface area contributed by atoms with Crippen LogP contribution in [0.1, 0.15) is 22.5 Å². The quantitative estimate of drug-likeness (QED) is 0.882. The highest BCUT2D eigenvalue weighted by molar-refractivity contribution is 5.93. The van der Waals surface area contributed by atoms with Crippen molar-refractivity contribution in [1.29, 1.82) is 0 Å². The molecule has 5 nitrogen and oxygen atoms in total. The predicted octanol–water partition coefficient (Wildman–Crippen LogP) is 1.73. The van der Waals surface area contributed by atoms with Crippen LogP contribution in [0.3, 0.4) is 0 Å². The van der Waals surface area contributed by atoms with Crippen LogP contribution in [0, 0.1) is 5.82 Å². The first-order chi connectivity index (χ1) is 11.1. The molecule has 2 aromatic rings. The van der Waals surface area contributed by atoms with E-state index in [-0.39, 0.29) is 23.7 Å². The highest BCUT2D eigenvalue weighted by atomic mass is 19.1. The molecule has 0 bridgehead atoms. The van der Waals surface area contributed by atoms with Crippen molar-refractivity contribution in [3.8, 4) is 0 Å². The number of rotatable bonds is 5. The molecular weight excluding hydrogens is 297 g/mol. The minimum absolute atomic E-state index is 0.0314. The molecule has 6 heteroatoms. The minimum atomic E-state index is -0.266. The summed E-state index contributed by atoms with van der Waals surface area (Å²) in [5.41, 5.74) is 1.47. The summed E-state index contributed by atoms with van der Waals surface area (Å²) in [5, 5.41) is 2.87. The van der Waals surface area contributed by atoms with Gasteiger partial charge in [0, 0.05) is 25.7 Å². The van der Waals surface area contributed by atoms with E-state index in [4.69, 9.17) is 0 Å². The highest BCUT2D eigenvalue weighted by Gasteiger charge is 2.30. The molecule has 120 valence electrons. The van der Waals surface area contributed by atoms with E-state index in [0.29, 0.717) is 31.6 Å². The summed E-state index contributed by atoms with van der Waals surface area (Å²) in [6.07, 6.45) is 2.67. The number of likely N-dealkylation sites (tertiary alicyclic amines) is 1. The summed E-state index contributed by atoms with van der Waals surface area (Å²) in [5.74, 6) is -0.435. The van der Waals surface area contributed by atoms with Gasteiger partial charge in [-0.3, -0.25) is 9.59 Å². The number of benzene rings is 1. The number of nitrogens with zero attached hydrogens (tertiary/aromatic N) is 1. The Hall–Kier alpha value is -2.63. The van der Waals surface area contributed by atoms with E-state index >= 15 is 0 Å². The van der Waals surface area contributed by atoms with Gasteiger partial charge in [-0.15, -0.1) is 0 Å². The van der Waals surface area contributed by atoms with Gasteiger partial charge in [0.1, 0.15) is 11.5 Å². The average molecular weight is 315 g/mol. The van der Waals surface area contributed by atoms with Crippen LogP contribution in [-0.2, 0) is 11.2 Å². The van der Waals surface area contributed by atoms with Crippen LogP contribution in [0.15, 0.2) is 42.6 Å². The van der Waals surface area contributed by atoms with Gasteiger partial charge >= 0.3 is 0 Å². The molecule has 0 spiro atoms. The fourth-order valence-electron chi connectivity index (χ4n) is 2.73. The Morgan fingerprint density at radius 2 is 2.09 bits per heavy atom. The van der Waals surface area contributed by atoms with E-state index in [1.54, 1.807) is 35.4 Å². The van der Waals surface area contributed by atoms with Gasteiger partial charge in [-0.2, -0.15) is 0 Å². The standard InChI is InChI=1S/C17H18FN3O2/c18-13-5-3-12(4-6-13)7-9-21-11-14(10-16(21)22)20-17(23)15-2-1-8-19-15/h1-6,8,14,19H,7,9-11H2,(H,20,23)/t14-/m0/s1. The molecule has 23 heavy (non-hydrogen) atoms. The molecule has 0 radical (unpaired) electrons. The first-order valence-electron chi connectivity index (χ1n) is 7.58. The van der Waals surface area contributed by atoms with Crippen molar-refractivity contribution in [2.75, 3.05) is 13.1 Å². The second-order valence-corrected chi connectivity index (χ2v) is 5.67. The molecule has 0 aliphatic carbocycles. The van der Waals surface area contributed by atoms with E-state index in [9.17, 15) is 14.0 Å². The van der Waals surface area contributed by atoms with Crippen molar-refractivity contribution < 1.29 is 14.0 Å². The zero-order valence-corrected chi connectivity index (χ0v) is 12.6. The molecule has 1 aromatic carbocycles. The van der Waals surface area contributed by atoms with Crippen molar-refractivity contribution >= 4 is 11.8 Å². The van der Waals surface area contributed by atoms with Gasteiger partial charge < -0.3 is 15.2 Å². The highest BCUT2D eigenvalue weighted by Crippen LogP contribution is 2.13. The number of aromatic amines is 1. The Labute approximate surface area is 133 Å². The lowest BCUT2D eigenvalue weighted by atomic mass is 10.1. The normalized spacial score (nSPS) is 17.5. The van der Waals surface area contributed by atoms with Crippen LogP contribution in [0.5, 0.6) is 0 Å². The third-order valence-corrected chi connectivity index (χ3v) is 3.98. The van der Waals surface area contributed by atoms with Crippen molar-refractivity contribution in [3.63, 3.8) is 0 Å². The fourth-order valence-corrected chi connectivity index (χ4v) is 2.73. The second kappa shape index (κ2) is 6.64. The molecule has 0 unspecified atom stereocenters. The Kier molecular flexibility index (Phi) is 4.41. The summed E-state index contributed by atoms with van der Waals surface area (Å²) >= 11 is 0. The van der Waals surface area contributed by atoms with Crippen LogP contribution in [0.25, 0.3) is 0 Å². The molecule has 1 saturated heterocycles. The van der Waals surface area contributed by atoms with E-state index in [1.807, 2.05) is 0 Å². The van der Waals surface area contributed by atoms with Crippen molar-refractivity contribution in [1.82, 2.24) is 15.2 Å². The van der Waals surface area contributed by atoms with Gasteiger partial charge in [0.25, 0.3) is 5.91 Å². The topological polar surface area (TPSA) is 65.2 Å². The van der Waals surface area contributed by atoms with Crippen LogP contribution in [0.4, 0.5) is 4.39 Å². The van der Waals surface area contributed by atoms with E-state index in [2.05, 4.69) is 10.3 Å². The van der Waals surface area contributed by atoms with E-state index in [0.717, 1.165) is 5.56 Å². The van der Waals surface area contributed by atoms with Gasteiger partial charge in [-0.25, -0.2) is 4.39 Å². The van der Waals surface area contributed by atoms with Crippen LogP contribution in [0.2, 0.25) is 0 Å². The Morgan fingerprint density at radius 3 is 2.78 bits per heavy atom. The molecule has 0 saturated carbocycles. The maximum atomic E-state index is 12.9. The molecule has 1 aliphatic heterocycles. The summed E-state index contributed by atoms with van der Waals surface area (Å²) < 4.78 is 12.9. The zero-order valence-electron chi connectivity index (χ0n) is 12.6. The van der Waals surface area contributed by atoms with Crippen LogP contribution in [-0.4, -0.2) is 40.8 Å². The third kappa shape index (κ3) is 3.77. The summed E-state index contributed by atoms with van der Waals surface area (Å²) in [6, 6.07) is 9.55. The van der Waals surface area contributed by atoms with Crippen molar-refractivity contribution in [2.24, 2.45) is 0 Å². The number of H-pyrrole nitrogens is 1. The number of amides is 2. The largest absolute Gasteiger partial charge is 0.357 e. The van der Waals surface area contributed by atoms with Crippen LogP contribution < -0.4 is 5.32 Å². The number of aromatic nitrogens is 1. The predicted molar refractivity (Wildman–Crippen MR) is 83.3 cm³/mol. The summed E-state index contributed by atoms with van der Waals surface area (Å²) in [7, 11) is 0. The molecule has 1 atom stereocenters. The van der Waals surface area contributed by atoms with Gasteiger partial charge in [0.2, 0.25) is 5.91 Å². The van der Waals surface area contributed by atoms with Gasteiger partial charge in [0.15, 0.2) is 0 Å². The molecule has 2 heterocycles. The second-order valence-electron chi connectivity index (χ2n) is 5.67. The summed E-state index contributed by atoms with van der Waals surface area (Å²) in [6.45, 7) is 1.08. The zero-order chi connectivity index (χ0) is 16.2. The monoisotopic (exact) mass is 315 g/mol. The Bertz CT molecular complexity index is 682. The molecule has 1 aliphatic rings. The first kappa shape index (κ1) is 15.3. The number of hydrogen-bond donors (Lipinski definition) is 2. The summed E-state index contributed by atoms with van der Waals surface area (Å²) in [4.78, 5) is 28.6. The molecule has 2 N–H and O–H groups in total.